The number of ether oxygens (including phenoxy) is 2. The summed E-state index contributed by atoms with van der Waals surface area (Å²) in [6, 6.07) is 4.71. The van der Waals surface area contributed by atoms with Crippen molar-refractivity contribution in [2.45, 2.75) is 6.92 Å². The van der Waals surface area contributed by atoms with E-state index in [1.807, 2.05) is 0 Å². The lowest BCUT2D eigenvalue weighted by atomic mass is 10.2. The van der Waals surface area contributed by atoms with Crippen LogP contribution >= 0.6 is 0 Å². The number of aromatic hydroxyl groups is 1. The molecule has 0 aliphatic carbocycles. The molecule has 0 unspecified atom stereocenters. The maximum absolute atomic E-state index is 11.0. The van der Waals surface area contributed by atoms with Gasteiger partial charge in [0.2, 0.25) is 11.5 Å². The lowest BCUT2D eigenvalue weighted by Crippen LogP contribution is -2.11. The average Bonchev–Trinajstić information content (AvgIpc) is 2.17. The van der Waals surface area contributed by atoms with Crippen molar-refractivity contribution in [3.8, 4) is 17.2 Å². The Morgan fingerprint density at radius 2 is 2.21 bits per heavy atom. The fraction of sp³-hybridized carbons (Fsp3) is 0.100. The molecular formula is C10H8O4. The van der Waals surface area contributed by atoms with Crippen molar-refractivity contribution in [3.63, 3.8) is 0 Å². The van der Waals surface area contributed by atoms with Gasteiger partial charge >= 0.3 is 0 Å². The van der Waals surface area contributed by atoms with Crippen LogP contribution in [0.25, 0.3) is 0 Å². The van der Waals surface area contributed by atoms with E-state index in [0.717, 1.165) is 0 Å². The zero-order valence-corrected chi connectivity index (χ0v) is 7.48. The smallest absolute Gasteiger partial charge is 0.210 e. The summed E-state index contributed by atoms with van der Waals surface area (Å²) in [5.41, 5.74) is 0. The van der Waals surface area contributed by atoms with Crippen LogP contribution in [0.4, 0.5) is 0 Å². The standard InChI is InChI=1S/C10H8O4/c1-6(11)9-5-13-10-7(12)3-2-4-8(10)14-9/h2-5,12H,1H3. The largest absolute Gasteiger partial charge is 0.504 e. The second-order valence-corrected chi connectivity index (χ2v) is 2.86. The number of phenols is 1. The molecule has 0 aromatic heterocycles. The Hall–Kier alpha value is -1.97. The van der Waals surface area contributed by atoms with Gasteiger partial charge in [-0.15, -0.1) is 0 Å². The van der Waals surface area contributed by atoms with Crippen LogP contribution in [0.1, 0.15) is 6.92 Å². The number of benzene rings is 1. The van der Waals surface area contributed by atoms with E-state index in [0.29, 0.717) is 5.75 Å². The third-order valence-electron chi connectivity index (χ3n) is 1.81. The first kappa shape index (κ1) is 8.62. The highest BCUT2D eigenvalue weighted by atomic mass is 16.6. The number of hydrogen-bond acceptors (Lipinski definition) is 4. The molecule has 1 aromatic carbocycles. The van der Waals surface area contributed by atoms with Crippen molar-refractivity contribution in [1.29, 1.82) is 0 Å². The minimum atomic E-state index is -0.223. The number of phenolic OH excluding ortho intramolecular Hbond substituents is 1. The van der Waals surface area contributed by atoms with Crippen LogP contribution in [0.2, 0.25) is 0 Å². The SMILES string of the molecule is CC(=O)C1=COc2c(O)cccc2O1. The number of hydrogen-bond donors (Lipinski definition) is 1. The molecule has 4 nitrogen and oxygen atoms in total. The molecule has 0 spiro atoms. The molecule has 72 valence electrons. The summed E-state index contributed by atoms with van der Waals surface area (Å²) in [7, 11) is 0. The maximum atomic E-state index is 11.0. The molecule has 0 amide bonds. The second-order valence-electron chi connectivity index (χ2n) is 2.86. The summed E-state index contributed by atoms with van der Waals surface area (Å²) < 4.78 is 10.3. The summed E-state index contributed by atoms with van der Waals surface area (Å²) in [6.45, 7) is 1.38. The first-order chi connectivity index (χ1) is 6.68. The predicted molar refractivity (Wildman–Crippen MR) is 48.1 cm³/mol. The molecule has 0 saturated heterocycles. The Kier molecular flexibility index (Phi) is 1.89. The van der Waals surface area contributed by atoms with Gasteiger partial charge in [0.25, 0.3) is 0 Å². The van der Waals surface area contributed by atoms with Gasteiger partial charge in [-0.1, -0.05) is 6.07 Å². The molecule has 0 fully saturated rings. The molecule has 0 saturated carbocycles. The summed E-state index contributed by atoms with van der Waals surface area (Å²) in [4.78, 5) is 11.0. The Bertz CT molecular complexity index is 420. The molecule has 0 atom stereocenters. The van der Waals surface area contributed by atoms with Gasteiger partial charge in [0.1, 0.15) is 6.26 Å². The van der Waals surface area contributed by atoms with Crippen LogP contribution in [0.3, 0.4) is 0 Å². The van der Waals surface area contributed by atoms with E-state index in [4.69, 9.17) is 9.47 Å². The zero-order valence-electron chi connectivity index (χ0n) is 7.48. The van der Waals surface area contributed by atoms with Gasteiger partial charge in [-0.05, 0) is 12.1 Å². The number of rotatable bonds is 1. The maximum Gasteiger partial charge on any atom is 0.210 e. The monoisotopic (exact) mass is 192 g/mol. The van der Waals surface area contributed by atoms with Crippen LogP contribution in [0.15, 0.2) is 30.2 Å². The van der Waals surface area contributed by atoms with Gasteiger partial charge < -0.3 is 14.6 Å². The average molecular weight is 192 g/mol. The molecule has 14 heavy (non-hydrogen) atoms. The van der Waals surface area contributed by atoms with Crippen LogP contribution in [0.5, 0.6) is 17.2 Å². The number of Topliss-reactive ketones (excluding diaryl/α,β-unsaturated/α-hetero) is 1. The van der Waals surface area contributed by atoms with E-state index < -0.39 is 0 Å². The van der Waals surface area contributed by atoms with Gasteiger partial charge in [0.05, 0.1) is 0 Å². The van der Waals surface area contributed by atoms with E-state index in [2.05, 4.69) is 0 Å². The third kappa shape index (κ3) is 1.31. The summed E-state index contributed by atoms with van der Waals surface area (Å²) in [5, 5.41) is 9.36. The van der Waals surface area contributed by atoms with E-state index in [-0.39, 0.29) is 23.0 Å². The van der Waals surface area contributed by atoms with Gasteiger partial charge in [-0.3, -0.25) is 4.79 Å². The van der Waals surface area contributed by atoms with Crippen LogP contribution in [-0.2, 0) is 4.79 Å². The van der Waals surface area contributed by atoms with E-state index in [1.165, 1.54) is 19.3 Å². The number of carbonyl (C=O) groups excluding carboxylic acids is 1. The molecule has 1 aromatic rings. The first-order valence-electron chi connectivity index (χ1n) is 4.06. The highest BCUT2D eigenvalue weighted by Crippen LogP contribution is 2.39. The topological polar surface area (TPSA) is 55.8 Å². The highest BCUT2D eigenvalue weighted by molar-refractivity contribution is 5.91. The Morgan fingerprint density at radius 1 is 1.43 bits per heavy atom. The molecule has 4 heteroatoms. The number of ketones is 1. The molecule has 1 heterocycles. The molecule has 2 rings (SSSR count). The van der Waals surface area contributed by atoms with E-state index in [9.17, 15) is 9.90 Å². The fourth-order valence-corrected chi connectivity index (χ4v) is 1.11. The van der Waals surface area contributed by atoms with Crippen molar-refractivity contribution in [3.05, 3.63) is 30.2 Å². The number of allylic oxidation sites excluding steroid dienone is 1. The zero-order chi connectivity index (χ0) is 10.1. The number of para-hydroxylation sites is 1. The normalized spacial score (nSPS) is 13.4. The number of fused-ring (bicyclic) bond motifs is 1. The van der Waals surface area contributed by atoms with Crippen molar-refractivity contribution < 1.29 is 19.4 Å². The highest BCUT2D eigenvalue weighted by Gasteiger charge is 2.19. The van der Waals surface area contributed by atoms with Crippen molar-refractivity contribution in [1.82, 2.24) is 0 Å². The minimum Gasteiger partial charge on any atom is -0.504 e. The van der Waals surface area contributed by atoms with E-state index in [1.54, 1.807) is 12.1 Å². The second kappa shape index (κ2) is 3.06. The molecule has 0 bridgehead atoms. The molecule has 1 aliphatic rings. The van der Waals surface area contributed by atoms with Gasteiger partial charge in [0, 0.05) is 6.92 Å². The minimum absolute atomic E-state index is 0.0126. The molecule has 0 radical (unpaired) electrons. The number of carbonyl (C=O) groups is 1. The Balaban J connectivity index is 2.39. The summed E-state index contributed by atoms with van der Waals surface area (Å²) >= 11 is 0. The van der Waals surface area contributed by atoms with Gasteiger partial charge in [0.15, 0.2) is 17.3 Å². The predicted octanol–water partition coefficient (Wildman–Crippen LogP) is 1.59. The van der Waals surface area contributed by atoms with Crippen molar-refractivity contribution in [2.24, 2.45) is 0 Å². The van der Waals surface area contributed by atoms with Gasteiger partial charge in [-0.2, -0.15) is 0 Å². The molecule has 1 N–H and O–H groups in total. The summed E-state index contributed by atoms with van der Waals surface area (Å²) in [5.74, 6) is 0.471. The van der Waals surface area contributed by atoms with E-state index >= 15 is 0 Å². The first-order valence-corrected chi connectivity index (χ1v) is 4.06. The van der Waals surface area contributed by atoms with Crippen LogP contribution < -0.4 is 9.47 Å². The molecular weight excluding hydrogens is 184 g/mol. The Labute approximate surface area is 80.4 Å². The molecule has 1 aliphatic heterocycles. The fourth-order valence-electron chi connectivity index (χ4n) is 1.11. The quantitative estimate of drug-likeness (QED) is 0.734. The Morgan fingerprint density at radius 3 is 2.93 bits per heavy atom. The van der Waals surface area contributed by atoms with Crippen molar-refractivity contribution in [2.75, 3.05) is 0 Å². The lowest BCUT2D eigenvalue weighted by Gasteiger charge is -2.16. The van der Waals surface area contributed by atoms with Gasteiger partial charge in [-0.25, -0.2) is 0 Å². The van der Waals surface area contributed by atoms with Crippen LogP contribution in [0, 0.1) is 0 Å². The lowest BCUT2D eigenvalue weighted by molar-refractivity contribution is -0.115. The summed E-state index contributed by atoms with van der Waals surface area (Å²) in [6.07, 6.45) is 1.18. The third-order valence-corrected chi connectivity index (χ3v) is 1.81. The van der Waals surface area contributed by atoms with Crippen molar-refractivity contribution >= 4 is 5.78 Å². The van der Waals surface area contributed by atoms with Crippen LogP contribution in [-0.4, -0.2) is 10.9 Å².